The molecule has 48 valence electrons. The fraction of sp³-hybridized carbons (Fsp3) is 0.250. The van der Waals surface area contributed by atoms with E-state index in [0.29, 0.717) is 0 Å². The third-order valence-electron chi connectivity index (χ3n) is 0.681. The summed E-state index contributed by atoms with van der Waals surface area (Å²) < 4.78 is 65.8. The summed E-state index contributed by atoms with van der Waals surface area (Å²) in [7, 11) is 0. The van der Waals surface area contributed by atoms with Gasteiger partial charge in [-0.15, -0.1) is 0 Å². The molecule has 0 bridgehead atoms. The van der Waals surface area contributed by atoms with Crippen LogP contribution in [-0.2, 0) is 6.37 Å². The monoisotopic (exact) mass is 131 g/mol. The average molecular weight is 131 g/mol. The minimum absolute atomic E-state index is 0.706. The third-order valence-corrected chi connectivity index (χ3v) is 0.681. The Hall–Kier alpha value is -0.820. The SMILES string of the molecule is [2H]c1c([2H])c([2H])c(C([2H])([2H])C([2H])([2H])O)c([2H])c1[2H]. The maximum Gasteiger partial charge on any atom is 0.0626 e. The Bertz CT molecular complexity index is 461. The Labute approximate surface area is 67.6 Å². The van der Waals surface area contributed by atoms with Crippen molar-refractivity contribution in [2.24, 2.45) is 0 Å². The molecule has 1 N–H and O–H groups in total. The highest BCUT2D eigenvalue weighted by Gasteiger charge is 1.85. The van der Waals surface area contributed by atoms with E-state index in [2.05, 4.69) is 0 Å². The predicted molar refractivity (Wildman–Crippen MR) is 37.2 cm³/mol. The van der Waals surface area contributed by atoms with E-state index in [1.807, 2.05) is 0 Å². The lowest BCUT2D eigenvalue weighted by Crippen LogP contribution is -1.88. The van der Waals surface area contributed by atoms with Gasteiger partial charge in [0.1, 0.15) is 0 Å². The molecular formula is C8H10O. The van der Waals surface area contributed by atoms with Gasteiger partial charge in [-0.1, -0.05) is 30.2 Å². The Morgan fingerprint density at radius 1 is 1.44 bits per heavy atom. The summed E-state index contributed by atoms with van der Waals surface area (Å²) >= 11 is 0. The zero-order chi connectivity index (χ0) is 14.5. The van der Waals surface area contributed by atoms with Crippen molar-refractivity contribution >= 4 is 0 Å². The summed E-state index contributed by atoms with van der Waals surface area (Å²) in [5.74, 6) is 0. The largest absolute Gasteiger partial charge is 0.396 e. The molecule has 0 aliphatic rings. The van der Waals surface area contributed by atoms with Crippen LogP contribution in [0, 0.1) is 0 Å². The molecule has 9 heavy (non-hydrogen) atoms. The van der Waals surface area contributed by atoms with E-state index in [-0.39, 0.29) is 0 Å². The maximum atomic E-state index is 9.12. The van der Waals surface area contributed by atoms with Crippen molar-refractivity contribution in [3.63, 3.8) is 0 Å². The maximum absolute atomic E-state index is 9.12. The molecule has 1 heteroatoms. The molecule has 1 aromatic carbocycles. The fourth-order valence-electron chi connectivity index (χ4n) is 0.368. The third kappa shape index (κ3) is 1.86. The second kappa shape index (κ2) is 3.25. The van der Waals surface area contributed by atoms with E-state index < -0.39 is 48.7 Å². The van der Waals surface area contributed by atoms with Crippen LogP contribution < -0.4 is 0 Å². The van der Waals surface area contributed by atoms with Crippen molar-refractivity contribution in [3.8, 4) is 0 Å². The molecule has 0 saturated carbocycles. The van der Waals surface area contributed by atoms with Crippen molar-refractivity contribution in [2.45, 2.75) is 6.37 Å². The van der Waals surface area contributed by atoms with Crippen molar-refractivity contribution in [2.75, 3.05) is 6.56 Å². The van der Waals surface area contributed by atoms with E-state index in [9.17, 15) is 0 Å². The number of rotatable bonds is 2. The highest BCUT2D eigenvalue weighted by atomic mass is 16.2. The van der Waals surface area contributed by atoms with Crippen LogP contribution in [-0.4, -0.2) is 11.7 Å². The topological polar surface area (TPSA) is 20.2 Å². The van der Waals surface area contributed by atoms with Crippen LogP contribution in [0.15, 0.2) is 30.2 Å². The van der Waals surface area contributed by atoms with Gasteiger partial charge >= 0.3 is 0 Å². The van der Waals surface area contributed by atoms with E-state index in [4.69, 9.17) is 17.4 Å². The van der Waals surface area contributed by atoms with Gasteiger partial charge in [0.15, 0.2) is 0 Å². The van der Waals surface area contributed by atoms with Gasteiger partial charge < -0.3 is 5.11 Å². The van der Waals surface area contributed by atoms with Crippen LogP contribution in [0.25, 0.3) is 0 Å². The lowest BCUT2D eigenvalue weighted by atomic mass is 10.2. The Morgan fingerprint density at radius 3 is 2.67 bits per heavy atom. The first-order valence-corrected chi connectivity index (χ1v) is 2.22. The minimum atomic E-state index is -3.37. The molecule has 0 heterocycles. The fourth-order valence-corrected chi connectivity index (χ4v) is 0.368. The van der Waals surface area contributed by atoms with Crippen LogP contribution in [0.3, 0.4) is 0 Å². The van der Waals surface area contributed by atoms with Crippen LogP contribution in [0.4, 0.5) is 0 Å². The van der Waals surface area contributed by atoms with Gasteiger partial charge in [0, 0.05) is 9.30 Å². The number of aliphatic hydroxyl groups is 1. The summed E-state index contributed by atoms with van der Waals surface area (Å²) in [6.45, 7) is -3.37. The van der Waals surface area contributed by atoms with Crippen LogP contribution in [0.2, 0.25) is 0 Å². The van der Waals surface area contributed by atoms with Gasteiger partial charge in [-0.25, -0.2) is 0 Å². The smallest absolute Gasteiger partial charge is 0.0626 e. The second-order valence-electron chi connectivity index (χ2n) is 1.24. The highest BCUT2D eigenvalue weighted by molar-refractivity contribution is 5.14. The van der Waals surface area contributed by atoms with Gasteiger partial charge in [-0.05, 0) is 11.9 Å². The zero-order valence-electron chi connectivity index (χ0n) is 13.4. The predicted octanol–water partition coefficient (Wildman–Crippen LogP) is 1.22. The van der Waals surface area contributed by atoms with E-state index >= 15 is 0 Å². The lowest BCUT2D eigenvalue weighted by molar-refractivity contribution is 0.299. The van der Waals surface area contributed by atoms with Gasteiger partial charge in [-0.3, -0.25) is 0 Å². The Balaban J connectivity index is 3.72. The number of benzene rings is 1. The van der Waals surface area contributed by atoms with Crippen molar-refractivity contribution in [3.05, 3.63) is 35.8 Å². The molecule has 1 rings (SSSR count). The van der Waals surface area contributed by atoms with Crippen LogP contribution >= 0.6 is 0 Å². The standard InChI is InChI=1S/C8H10O/c9-7-6-8-4-2-1-3-5-8/h1-5,9H,6-7H2/i1D,2D,3D,4D,5D,6D2,7D2. The Morgan fingerprint density at radius 2 is 2.11 bits per heavy atom. The first kappa shape index (κ1) is 1.43. The lowest BCUT2D eigenvalue weighted by Gasteiger charge is -1.93. The summed E-state index contributed by atoms with van der Waals surface area (Å²) in [5, 5.41) is 9.12. The molecule has 0 unspecified atom stereocenters. The molecule has 0 aliphatic carbocycles. The molecule has 0 radical (unpaired) electrons. The van der Waals surface area contributed by atoms with Crippen molar-refractivity contribution in [1.82, 2.24) is 0 Å². The van der Waals surface area contributed by atoms with Crippen molar-refractivity contribution in [1.29, 1.82) is 0 Å². The molecule has 0 saturated heterocycles. The van der Waals surface area contributed by atoms with Gasteiger partial charge in [0.25, 0.3) is 0 Å². The molecule has 1 aromatic rings. The van der Waals surface area contributed by atoms with Crippen LogP contribution in [0.1, 0.15) is 17.9 Å². The molecule has 0 spiro atoms. The molecule has 0 aliphatic heterocycles. The summed E-state index contributed by atoms with van der Waals surface area (Å²) in [5.41, 5.74) is -0.902. The minimum Gasteiger partial charge on any atom is -0.396 e. The molecular weight excluding hydrogens is 112 g/mol. The Kier molecular flexibility index (Phi) is 0.517. The second-order valence-corrected chi connectivity index (χ2v) is 1.24. The quantitative estimate of drug-likeness (QED) is 0.640. The van der Waals surface area contributed by atoms with Crippen molar-refractivity contribution < 1.29 is 17.4 Å². The first-order valence-electron chi connectivity index (χ1n) is 6.72. The summed E-state index contributed by atoms with van der Waals surface area (Å²) in [6, 6.07) is -4.01. The van der Waals surface area contributed by atoms with E-state index in [1.54, 1.807) is 0 Å². The highest BCUT2D eigenvalue weighted by Crippen LogP contribution is 1.97. The summed E-state index contributed by atoms with van der Waals surface area (Å²) in [6.07, 6.45) is -3.12. The average Bonchev–Trinajstić information content (AvgIpc) is 2.22. The normalized spacial score (nSPS) is 27.0. The molecule has 0 amide bonds. The van der Waals surface area contributed by atoms with E-state index in [1.165, 1.54) is 0 Å². The zero-order valence-corrected chi connectivity index (χ0v) is 4.45. The van der Waals surface area contributed by atoms with Crippen LogP contribution in [0.5, 0.6) is 0 Å². The summed E-state index contributed by atoms with van der Waals surface area (Å²) in [4.78, 5) is 0. The first-order chi connectivity index (χ1) is 7.93. The molecule has 1 nitrogen and oxygen atoms in total. The molecule has 0 fully saturated rings. The molecule has 0 aromatic heterocycles. The van der Waals surface area contributed by atoms with Gasteiger partial charge in [-0.2, -0.15) is 0 Å². The van der Waals surface area contributed by atoms with E-state index in [0.717, 1.165) is 0 Å². The number of hydrogen-bond donors (Lipinski definition) is 1. The molecule has 0 atom stereocenters. The number of hydrogen-bond acceptors (Lipinski definition) is 1. The van der Waals surface area contributed by atoms with Gasteiger partial charge in [0.05, 0.1) is 9.60 Å². The van der Waals surface area contributed by atoms with Gasteiger partial charge in [0.2, 0.25) is 0 Å².